The van der Waals surface area contributed by atoms with Crippen LogP contribution in [-0.2, 0) is 4.74 Å². The summed E-state index contributed by atoms with van der Waals surface area (Å²) in [4.78, 5) is 0. The van der Waals surface area contributed by atoms with Crippen LogP contribution in [0.25, 0.3) is 0 Å². The van der Waals surface area contributed by atoms with Gasteiger partial charge >= 0.3 is 0 Å². The van der Waals surface area contributed by atoms with Gasteiger partial charge in [-0.05, 0) is 25.6 Å². The Morgan fingerprint density at radius 3 is 2.50 bits per heavy atom. The minimum atomic E-state index is -2.11. The third kappa shape index (κ3) is 1.07. The van der Waals surface area contributed by atoms with Gasteiger partial charge in [0.2, 0.25) is 0 Å². The van der Waals surface area contributed by atoms with E-state index in [1.165, 1.54) is 0 Å². The third-order valence-electron chi connectivity index (χ3n) is 2.52. The molecule has 58 valence electrons. The Bertz CT molecular complexity index is 215. The molecule has 1 heteroatoms. The van der Waals surface area contributed by atoms with Gasteiger partial charge in [-0.1, -0.05) is 19.3 Å². The molecule has 0 aromatic heterocycles. The maximum absolute atomic E-state index is 7.62. The van der Waals surface area contributed by atoms with Crippen molar-refractivity contribution in [1.82, 2.24) is 0 Å². The summed E-state index contributed by atoms with van der Waals surface area (Å²) in [6, 6.07) is 0. The van der Waals surface area contributed by atoms with Gasteiger partial charge in [-0.2, -0.15) is 0 Å². The van der Waals surface area contributed by atoms with Crippen molar-refractivity contribution in [3.63, 3.8) is 0 Å². The van der Waals surface area contributed by atoms with Gasteiger partial charge in [-0.25, -0.2) is 0 Å². The summed E-state index contributed by atoms with van der Waals surface area (Å²) in [7, 11) is 0. The van der Waals surface area contributed by atoms with E-state index >= 15 is 0 Å². The molecular formula is C9H16O. The van der Waals surface area contributed by atoms with E-state index in [1.807, 2.05) is 0 Å². The van der Waals surface area contributed by atoms with Gasteiger partial charge in [0.15, 0.2) is 0 Å². The molecule has 0 radical (unpaired) electrons. The Morgan fingerprint density at radius 1 is 1.10 bits per heavy atom. The lowest BCUT2D eigenvalue weighted by atomic mass is 9.83. The molecule has 0 aromatic carbocycles. The maximum atomic E-state index is 7.62. The summed E-state index contributed by atoms with van der Waals surface area (Å²) in [5.41, 5.74) is -0.509. The Kier molecular flexibility index (Phi) is 0.906. The van der Waals surface area contributed by atoms with E-state index < -0.39 is 18.5 Å². The minimum Gasteiger partial charge on any atom is -0.375 e. The molecule has 0 amide bonds. The van der Waals surface area contributed by atoms with Gasteiger partial charge in [0.25, 0.3) is 0 Å². The van der Waals surface area contributed by atoms with Crippen molar-refractivity contribution in [3.05, 3.63) is 0 Å². The molecule has 2 rings (SSSR count). The molecule has 10 heavy (non-hydrogen) atoms. The molecule has 2 aliphatic rings. The van der Waals surface area contributed by atoms with Crippen molar-refractivity contribution in [3.8, 4) is 0 Å². The van der Waals surface area contributed by atoms with Crippen LogP contribution in [0, 0.1) is 0 Å². The lowest BCUT2D eigenvalue weighted by Crippen LogP contribution is -2.29. The first-order valence-electron chi connectivity index (χ1n) is 6.07. The molecule has 0 aromatic rings. The first-order valence-corrected chi connectivity index (χ1v) is 4.07. The molecule has 1 saturated carbocycles. The van der Waals surface area contributed by atoms with E-state index in [9.17, 15) is 0 Å². The predicted octanol–water partition coefficient (Wildman–Crippen LogP) is 2.50. The average molecular weight is 144 g/mol. The lowest BCUT2D eigenvalue weighted by Gasteiger charge is -2.32. The Hall–Kier alpha value is -0.0400. The van der Waals surface area contributed by atoms with E-state index in [4.69, 9.17) is 10.2 Å². The fourth-order valence-corrected chi connectivity index (χ4v) is 1.85. The average Bonchev–Trinajstić information content (AvgIpc) is 2.18. The van der Waals surface area contributed by atoms with Gasteiger partial charge in [-0.3, -0.25) is 0 Å². The Labute approximate surface area is 68.4 Å². The van der Waals surface area contributed by atoms with Gasteiger partial charge in [-0.15, -0.1) is 0 Å². The highest BCUT2D eigenvalue weighted by Gasteiger charge is 2.35. The van der Waals surface area contributed by atoms with Crippen molar-refractivity contribution < 1.29 is 10.2 Å². The zero-order valence-electron chi connectivity index (χ0n) is 10.2. The normalized spacial score (nSPS) is 47.2. The summed E-state index contributed by atoms with van der Waals surface area (Å²) >= 11 is 0. The van der Waals surface area contributed by atoms with E-state index in [2.05, 4.69) is 0 Å². The van der Waals surface area contributed by atoms with E-state index in [0.717, 1.165) is 32.1 Å². The maximum Gasteiger partial charge on any atom is 0.0683 e. The Morgan fingerprint density at radius 2 is 1.90 bits per heavy atom. The van der Waals surface area contributed by atoms with Crippen LogP contribution in [0.2, 0.25) is 0 Å². The van der Waals surface area contributed by atoms with Gasteiger partial charge in [0, 0.05) is 9.30 Å². The third-order valence-corrected chi connectivity index (χ3v) is 2.52. The SMILES string of the molecule is [2H]C1([2H])CC2(CCCCC2)OC1([2H])[2H]. The van der Waals surface area contributed by atoms with Crippen LogP contribution in [0.1, 0.15) is 50.4 Å². The number of hydrogen-bond acceptors (Lipinski definition) is 1. The second-order valence-corrected chi connectivity index (χ2v) is 3.30. The summed E-state index contributed by atoms with van der Waals surface area (Å²) in [6.07, 6.45) is 3.24. The standard InChI is InChI=1S/C9H16O/c1-2-5-9(6-3-1)7-4-8-10-9/h1-8H2/i4D2,8D2. The quantitative estimate of drug-likeness (QED) is 0.507. The van der Waals surface area contributed by atoms with Crippen molar-refractivity contribution >= 4 is 0 Å². The zero-order chi connectivity index (χ0) is 10.4. The van der Waals surface area contributed by atoms with Crippen LogP contribution in [0.15, 0.2) is 0 Å². The lowest BCUT2D eigenvalue weighted by molar-refractivity contribution is -0.0243. The Balaban J connectivity index is 2.18. The molecule has 1 heterocycles. The smallest absolute Gasteiger partial charge is 0.0683 e. The molecule has 1 spiro atoms. The van der Waals surface area contributed by atoms with Crippen LogP contribution in [0.5, 0.6) is 0 Å². The highest BCUT2D eigenvalue weighted by atomic mass is 16.5. The molecule has 0 unspecified atom stereocenters. The van der Waals surface area contributed by atoms with Crippen molar-refractivity contribution in [2.75, 3.05) is 6.56 Å². The number of ether oxygens (including phenoxy) is 1. The van der Waals surface area contributed by atoms with E-state index in [0.29, 0.717) is 0 Å². The fraction of sp³-hybridized carbons (Fsp3) is 1.00. The second kappa shape index (κ2) is 2.54. The summed E-state index contributed by atoms with van der Waals surface area (Å²) < 4.78 is 35.6. The molecule has 0 atom stereocenters. The monoisotopic (exact) mass is 144 g/mol. The van der Waals surface area contributed by atoms with Crippen LogP contribution in [0.3, 0.4) is 0 Å². The van der Waals surface area contributed by atoms with Crippen LogP contribution >= 0.6 is 0 Å². The molecule has 1 aliphatic heterocycles. The highest BCUT2D eigenvalue weighted by molar-refractivity contribution is 4.87. The molecule has 2 fully saturated rings. The van der Waals surface area contributed by atoms with E-state index in [1.54, 1.807) is 0 Å². The van der Waals surface area contributed by atoms with Gasteiger partial charge in [0.1, 0.15) is 0 Å². The molecule has 1 nitrogen and oxygen atoms in total. The predicted molar refractivity (Wildman–Crippen MR) is 41.0 cm³/mol. The molecular weight excluding hydrogens is 124 g/mol. The van der Waals surface area contributed by atoms with Crippen LogP contribution < -0.4 is 0 Å². The van der Waals surface area contributed by atoms with Crippen molar-refractivity contribution in [2.24, 2.45) is 0 Å². The van der Waals surface area contributed by atoms with E-state index in [-0.39, 0.29) is 6.42 Å². The van der Waals surface area contributed by atoms with Crippen molar-refractivity contribution in [2.45, 2.75) is 50.5 Å². The molecule has 1 saturated heterocycles. The van der Waals surface area contributed by atoms with Gasteiger partial charge < -0.3 is 4.74 Å². The van der Waals surface area contributed by atoms with Crippen LogP contribution in [0.4, 0.5) is 0 Å². The van der Waals surface area contributed by atoms with Gasteiger partial charge in [0.05, 0.1) is 8.34 Å². The molecule has 0 bridgehead atoms. The highest BCUT2D eigenvalue weighted by Crippen LogP contribution is 2.38. The summed E-state index contributed by atoms with van der Waals surface area (Å²) in [6.45, 7) is -2.11. The fourth-order valence-electron chi connectivity index (χ4n) is 1.85. The van der Waals surface area contributed by atoms with Crippen LogP contribution in [-0.4, -0.2) is 12.2 Å². The number of hydrogen-bond donors (Lipinski definition) is 0. The topological polar surface area (TPSA) is 9.23 Å². The second-order valence-electron chi connectivity index (χ2n) is 3.30. The van der Waals surface area contributed by atoms with Crippen molar-refractivity contribution in [1.29, 1.82) is 0 Å². The first kappa shape index (κ1) is 3.57. The molecule has 1 aliphatic carbocycles. The summed E-state index contributed by atoms with van der Waals surface area (Å²) in [5, 5.41) is 0. The zero-order valence-corrected chi connectivity index (χ0v) is 6.15. The molecule has 0 N–H and O–H groups in total. The first-order chi connectivity index (χ1) is 6.37. The summed E-state index contributed by atoms with van der Waals surface area (Å²) in [5.74, 6) is 0. The minimum absolute atomic E-state index is 0.215. The number of rotatable bonds is 0. The largest absolute Gasteiger partial charge is 0.375 e.